The highest BCUT2D eigenvalue weighted by atomic mass is 32.2. The summed E-state index contributed by atoms with van der Waals surface area (Å²) in [5.74, 6) is -0.0606. The zero-order chi connectivity index (χ0) is 14.5. The Morgan fingerprint density at radius 3 is 2.85 bits per heavy atom. The SMILES string of the molecule is Cc1noc2ncnc(N3CC(S(N)(=O)=O)CC3=O)c12. The lowest BCUT2D eigenvalue weighted by molar-refractivity contribution is -0.117. The van der Waals surface area contributed by atoms with Gasteiger partial charge in [-0.2, -0.15) is 4.98 Å². The maximum atomic E-state index is 12.0. The van der Waals surface area contributed by atoms with Crippen molar-refractivity contribution in [1.82, 2.24) is 15.1 Å². The van der Waals surface area contributed by atoms with Gasteiger partial charge in [-0.3, -0.25) is 9.69 Å². The normalized spacial score (nSPS) is 20.0. The number of sulfonamides is 1. The Hall–Kier alpha value is -2.07. The maximum Gasteiger partial charge on any atom is 0.263 e. The fourth-order valence-electron chi connectivity index (χ4n) is 2.21. The molecule has 2 aromatic rings. The predicted octanol–water partition coefficient (Wildman–Crippen LogP) is -0.680. The molecule has 3 rings (SSSR count). The van der Waals surface area contributed by atoms with Crippen molar-refractivity contribution >= 4 is 32.8 Å². The fourth-order valence-corrected chi connectivity index (χ4v) is 2.94. The van der Waals surface area contributed by atoms with Crippen LogP contribution in [0.2, 0.25) is 0 Å². The highest BCUT2D eigenvalue weighted by molar-refractivity contribution is 7.89. The molecule has 0 bridgehead atoms. The van der Waals surface area contributed by atoms with E-state index in [2.05, 4.69) is 15.1 Å². The molecular weight excluding hydrogens is 286 g/mol. The van der Waals surface area contributed by atoms with Crippen molar-refractivity contribution < 1.29 is 17.7 Å². The lowest BCUT2D eigenvalue weighted by atomic mass is 10.3. The van der Waals surface area contributed by atoms with E-state index in [-0.39, 0.29) is 24.6 Å². The number of rotatable bonds is 2. The number of hydrogen-bond donors (Lipinski definition) is 1. The Bertz CT molecular complexity index is 799. The number of aromatic nitrogens is 3. The van der Waals surface area contributed by atoms with E-state index < -0.39 is 15.3 Å². The molecule has 9 nitrogen and oxygen atoms in total. The van der Waals surface area contributed by atoms with Crippen LogP contribution in [0.3, 0.4) is 0 Å². The average molecular weight is 297 g/mol. The summed E-state index contributed by atoms with van der Waals surface area (Å²) in [6.45, 7) is 1.66. The van der Waals surface area contributed by atoms with E-state index in [1.807, 2.05) is 0 Å². The molecule has 3 heterocycles. The van der Waals surface area contributed by atoms with Crippen molar-refractivity contribution in [2.24, 2.45) is 5.14 Å². The van der Waals surface area contributed by atoms with Crippen molar-refractivity contribution in [3.63, 3.8) is 0 Å². The Labute approximate surface area is 113 Å². The molecule has 1 amide bonds. The minimum atomic E-state index is -3.77. The quantitative estimate of drug-likeness (QED) is 0.776. The summed E-state index contributed by atoms with van der Waals surface area (Å²) >= 11 is 0. The monoisotopic (exact) mass is 297 g/mol. The first-order valence-corrected chi connectivity index (χ1v) is 7.38. The first-order valence-electron chi connectivity index (χ1n) is 5.77. The van der Waals surface area contributed by atoms with Crippen molar-refractivity contribution in [3.8, 4) is 0 Å². The number of primary sulfonamides is 1. The van der Waals surface area contributed by atoms with Crippen LogP contribution >= 0.6 is 0 Å². The van der Waals surface area contributed by atoms with Crippen molar-refractivity contribution in [1.29, 1.82) is 0 Å². The summed E-state index contributed by atoms with van der Waals surface area (Å²) in [5, 5.41) is 8.42. The van der Waals surface area contributed by atoms with Gasteiger partial charge in [-0.25, -0.2) is 18.5 Å². The third kappa shape index (κ3) is 1.93. The van der Waals surface area contributed by atoms with Gasteiger partial charge in [0.05, 0.1) is 5.69 Å². The van der Waals surface area contributed by atoms with Crippen LogP contribution in [0, 0.1) is 6.92 Å². The Morgan fingerprint density at radius 2 is 2.20 bits per heavy atom. The molecule has 10 heteroatoms. The number of aryl methyl sites for hydroxylation is 1. The first-order chi connectivity index (χ1) is 9.38. The predicted molar refractivity (Wildman–Crippen MR) is 68.2 cm³/mol. The van der Waals surface area contributed by atoms with Gasteiger partial charge in [-0.1, -0.05) is 5.16 Å². The van der Waals surface area contributed by atoms with Gasteiger partial charge in [0, 0.05) is 13.0 Å². The highest BCUT2D eigenvalue weighted by Crippen LogP contribution is 2.30. The van der Waals surface area contributed by atoms with Crippen molar-refractivity contribution in [2.75, 3.05) is 11.4 Å². The maximum absolute atomic E-state index is 12.0. The van der Waals surface area contributed by atoms with Gasteiger partial charge >= 0.3 is 0 Å². The molecule has 2 N–H and O–H groups in total. The second-order valence-electron chi connectivity index (χ2n) is 4.56. The van der Waals surface area contributed by atoms with Crippen LogP contribution in [-0.4, -0.2) is 41.2 Å². The number of carbonyl (C=O) groups is 1. The number of anilines is 1. The molecule has 2 aromatic heterocycles. The minimum absolute atomic E-state index is 0.0333. The van der Waals surface area contributed by atoms with Crippen molar-refractivity contribution in [3.05, 3.63) is 12.0 Å². The Balaban J connectivity index is 2.08. The number of fused-ring (bicyclic) bond motifs is 1. The van der Waals surface area contributed by atoms with E-state index in [9.17, 15) is 13.2 Å². The molecule has 106 valence electrons. The zero-order valence-electron chi connectivity index (χ0n) is 10.5. The largest absolute Gasteiger partial charge is 0.335 e. The van der Waals surface area contributed by atoms with Gasteiger partial charge in [0.25, 0.3) is 5.71 Å². The number of nitrogens with two attached hydrogens (primary N) is 1. The summed E-state index contributed by atoms with van der Waals surface area (Å²) < 4.78 is 27.7. The molecule has 1 atom stereocenters. The third-order valence-corrected chi connectivity index (χ3v) is 4.48. The summed E-state index contributed by atoms with van der Waals surface area (Å²) in [6, 6.07) is 0. The molecule has 0 saturated carbocycles. The van der Waals surface area contributed by atoms with Crippen molar-refractivity contribution in [2.45, 2.75) is 18.6 Å². The van der Waals surface area contributed by atoms with E-state index in [4.69, 9.17) is 9.66 Å². The van der Waals surface area contributed by atoms with E-state index in [1.54, 1.807) is 6.92 Å². The van der Waals surface area contributed by atoms with Crippen LogP contribution < -0.4 is 10.0 Å². The summed E-state index contributed by atoms with van der Waals surface area (Å²) in [6.07, 6.45) is 1.08. The zero-order valence-corrected chi connectivity index (χ0v) is 11.3. The van der Waals surface area contributed by atoms with E-state index in [0.29, 0.717) is 16.9 Å². The number of amides is 1. The van der Waals surface area contributed by atoms with Gasteiger partial charge in [-0.05, 0) is 6.92 Å². The average Bonchev–Trinajstić information content (AvgIpc) is 2.93. The topological polar surface area (TPSA) is 132 Å². The van der Waals surface area contributed by atoms with Gasteiger partial charge in [0.2, 0.25) is 15.9 Å². The first kappa shape index (κ1) is 12.9. The third-order valence-electron chi connectivity index (χ3n) is 3.23. The van der Waals surface area contributed by atoms with E-state index >= 15 is 0 Å². The molecule has 0 radical (unpaired) electrons. The smallest absolute Gasteiger partial charge is 0.263 e. The van der Waals surface area contributed by atoms with Crippen LogP contribution in [0.15, 0.2) is 10.9 Å². The summed E-state index contributed by atoms with van der Waals surface area (Å²) in [7, 11) is -3.77. The van der Waals surface area contributed by atoms with E-state index in [1.165, 1.54) is 11.2 Å². The van der Waals surface area contributed by atoms with Gasteiger partial charge in [0.15, 0.2) is 5.82 Å². The molecule has 0 aromatic carbocycles. The second-order valence-corrected chi connectivity index (χ2v) is 6.41. The Kier molecular flexibility index (Phi) is 2.73. The van der Waals surface area contributed by atoms with Gasteiger partial charge in [-0.15, -0.1) is 0 Å². The van der Waals surface area contributed by atoms with Crippen LogP contribution in [-0.2, 0) is 14.8 Å². The molecular formula is C10H11N5O4S. The molecule has 1 fully saturated rings. The number of carbonyl (C=O) groups excluding carboxylic acids is 1. The lowest BCUT2D eigenvalue weighted by Crippen LogP contribution is -2.32. The molecule has 0 spiro atoms. The van der Waals surface area contributed by atoms with Crippen LogP contribution in [0.4, 0.5) is 5.82 Å². The standard InChI is InChI=1S/C10H11N5O4S/c1-5-8-9(12-4-13-10(8)19-14-5)15-3-6(2-7(15)16)20(11,17)18/h4,6H,2-3H2,1H3,(H2,11,17,18). The lowest BCUT2D eigenvalue weighted by Gasteiger charge is -2.15. The molecule has 0 aliphatic carbocycles. The second kappa shape index (κ2) is 4.21. The van der Waals surface area contributed by atoms with Gasteiger partial charge < -0.3 is 4.52 Å². The fraction of sp³-hybridized carbons (Fsp3) is 0.400. The molecule has 1 saturated heterocycles. The minimum Gasteiger partial charge on any atom is -0.335 e. The Morgan fingerprint density at radius 1 is 1.45 bits per heavy atom. The summed E-state index contributed by atoms with van der Waals surface area (Å²) in [5.41, 5.74) is 0.779. The molecule has 1 aliphatic rings. The van der Waals surface area contributed by atoms with Gasteiger partial charge in [0.1, 0.15) is 17.0 Å². The summed E-state index contributed by atoms with van der Waals surface area (Å²) in [4.78, 5) is 21.2. The van der Waals surface area contributed by atoms with Crippen LogP contribution in [0.25, 0.3) is 11.1 Å². The molecule has 1 unspecified atom stereocenters. The number of hydrogen-bond acceptors (Lipinski definition) is 7. The molecule has 20 heavy (non-hydrogen) atoms. The molecule has 1 aliphatic heterocycles. The highest BCUT2D eigenvalue weighted by Gasteiger charge is 2.38. The number of nitrogens with zero attached hydrogens (tertiary/aromatic N) is 4. The van der Waals surface area contributed by atoms with E-state index in [0.717, 1.165) is 0 Å². The van der Waals surface area contributed by atoms with Crippen LogP contribution in [0.1, 0.15) is 12.1 Å². The van der Waals surface area contributed by atoms with Crippen LogP contribution in [0.5, 0.6) is 0 Å².